The van der Waals surface area contributed by atoms with E-state index in [9.17, 15) is 9.90 Å². The van der Waals surface area contributed by atoms with Crippen LogP contribution < -0.4 is 0 Å². The average molecular weight is 292 g/mol. The van der Waals surface area contributed by atoms with Crippen molar-refractivity contribution in [2.24, 2.45) is 0 Å². The molecule has 0 aromatic heterocycles. The van der Waals surface area contributed by atoms with Gasteiger partial charge in [0.15, 0.2) is 0 Å². The van der Waals surface area contributed by atoms with Crippen molar-refractivity contribution in [2.75, 3.05) is 0 Å². The third-order valence-corrected chi connectivity index (χ3v) is 4.81. The van der Waals surface area contributed by atoms with Crippen molar-refractivity contribution in [1.29, 1.82) is 0 Å². The predicted molar refractivity (Wildman–Crippen MR) is 81.0 cm³/mol. The minimum atomic E-state index is -0.812. The molecule has 20 heavy (non-hydrogen) atoms. The number of rotatable bonds is 4. The smallest absolute Gasteiger partial charge is 0.307 e. The standard InChI is InChI=1S/C16H20O3S/c17-14-5-3-1-2-4-6-15(14)20-13-9-7-12(8-10-13)11-16(18)19/h1-2,7-10,14-15,17H,3-6,11H2,(H,18,19). The van der Waals surface area contributed by atoms with Crippen molar-refractivity contribution in [2.45, 2.75) is 48.4 Å². The van der Waals surface area contributed by atoms with Gasteiger partial charge in [0.2, 0.25) is 0 Å². The van der Waals surface area contributed by atoms with Gasteiger partial charge in [0.1, 0.15) is 0 Å². The summed E-state index contributed by atoms with van der Waals surface area (Å²) in [5, 5.41) is 19.1. The van der Waals surface area contributed by atoms with Gasteiger partial charge in [-0.25, -0.2) is 0 Å². The molecule has 1 aromatic carbocycles. The van der Waals surface area contributed by atoms with Gasteiger partial charge in [0.25, 0.3) is 0 Å². The second-order valence-electron chi connectivity index (χ2n) is 5.06. The summed E-state index contributed by atoms with van der Waals surface area (Å²) in [5.41, 5.74) is 0.808. The summed E-state index contributed by atoms with van der Waals surface area (Å²) < 4.78 is 0. The molecular formula is C16H20O3S. The van der Waals surface area contributed by atoms with E-state index in [2.05, 4.69) is 12.2 Å². The summed E-state index contributed by atoms with van der Waals surface area (Å²) in [5.74, 6) is -0.812. The highest BCUT2D eigenvalue weighted by molar-refractivity contribution is 8.00. The SMILES string of the molecule is O=C(O)Cc1ccc(SC2CCC=CCCC2O)cc1. The molecule has 0 spiro atoms. The molecular weight excluding hydrogens is 272 g/mol. The molecule has 0 bridgehead atoms. The van der Waals surface area contributed by atoms with E-state index >= 15 is 0 Å². The maximum atomic E-state index is 10.6. The van der Waals surface area contributed by atoms with Crippen molar-refractivity contribution in [1.82, 2.24) is 0 Å². The summed E-state index contributed by atoms with van der Waals surface area (Å²) >= 11 is 1.69. The first-order valence-electron chi connectivity index (χ1n) is 6.95. The molecule has 2 rings (SSSR count). The Hall–Kier alpha value is -1.26. The largest absolute Gasteiger partial charge is 0.481 e. The molecule has 2 unspecified atom stereocenters. The molecule has 0 heterocycles. The van der Waals surface area contributed by atoms with Crippen LogP contribution in [-0.2, 0) is 11.2 Å². The van der Waals surface area contributed by atoms with E-state index < -0.39 is 5.97 Å². The minimum absolute atomic E-state index is 0.0573. The zero-order valence-corrected chi connectivity index (χ0v) is 12.2. The molecule has 0 radical (unpaired) electrons. The lowest BCUT2D eigenvalue weighted by Gasteiger charge is -2.23. The van der Waals surface area contributed by atoms with Crippen LogP contribution in [-0.4, -0.2) is 27.5 Å². The van der Waals surface area contributed by atoms with Crippen LogP contribution in [0.25, 0.3) is 0 Å². The highest BCUT2D eigenvalue weighted by Crippen LogP contribution is 2.31. The molecule has 3 nitrogen and oxygen atoms in total. The van der Waals surface area contributed by atoms with Crippen molar-refractivity contribution >= 4 is 17.7 Å². The van der Waals surface area contributed by atoms with E-state index in [0.717, 1.165) is 36.1 Å². The Balaban J connectivity index is 1.97. The molecule has 1 aliphatic carbocycles. The number of allylic oxidation sites excluding steroid dienone is 2. The van der Waals surface area contributed by atoms with Crippen molar-refractivity contribution in [3.05, 3.63) is 42.0 Å². The van der Waals surface area contributed by atoms with Gasteiger partial charge < -0.3 is 10.2 Å². The number of hydrogen-bond donors (Lipinski definition) is 2. The van der Waals surface area contributed by atoms with Gasteiger partial charge in [0, 0.05) is 10.1 Å². The summed E-state index contributed by atoms with van der Waals surface area (Å²) in [6.45, 7) is 0. The van der Waals surface area contributed by atoms with E-state index in [4.69, 9.17) is 5.11 Å². The zero-order valence-electron chi connectivity index (χ0n) is 11.4. The predicted octanol–water partition coefficient (Wildman–Crippen LogP) is 3.27. The number of carboxylic acids is 1. The van der Waals surface area contributed by atoms with E-state index in [-0.39, 0.29) is 17.8 Å². The van der Waals surface area contributed by atoms with Gasteiger partial charge in [0.05, 0.1) is 12.5 Å². The lowest BCUT2D eigenvalue weighted by molar-refractivity contribution is -0.136. The Morgan fingerprint density at radius 3 is 2.45 bits per heavy atom. The molecule has 0 saturated heterocycles. The Morgan fingerprint density at radius 1 is 1.15 bits per heavy atom. The number of thioether (sulfide) groups is 1. The molecule has 0 aliphatic heterocycles. The Labute approximate surface area is 123 Å². The lowest BCUT2D eigenvalue weighted by Crippen LogP contribution is -2.23. The first kappa shape index (κ1) is 15.1. The number of hydrogen-bond acceptors (Lipinski definition) is 3. The maximum Gasteiger partial charge on any atom is 0.307 e. The quantitative estimate of drug-likeness (QED) is 0.836. The molecule has 0 amide bonds. The van der Waals surface area contributed by atoms with Gasteiger partial charge in [-0.05, 0) is 43.4 Å². The highest BCUT2D eigenvalue weighted by atomic mass is 32.2. The van der Waals surface area contributed by atoms with Gasteiger partial charge in [-0.2, -0.15) is 0 Å². The first-order chi connectivity index (χ1) is 9.65. The first-order valence-corrected chi connectivity index (χ1v) is 7.83. The number of carboxylic acid groups (broad SMARTS) is 1. The molecule has 1 aliphatic rings. The number of aliphatic carboxylic acids is 1. The van der Waals surface area contributed by atoms with Crippen LogP contribution in [0.15, 0.2) is 41.3 Å². The van der Waals surface area contributed by atoms with Crippen LogP contribution in [0.5, 0.6) is 0 Å². The van der Waals surface area contributed by atoms with Crippen LogP contribution in [0.3, 0.4) is 0 Å². The van der Waals surface area contributed by atoms with Crippen LogP contribution >= 0.6 is 11.8 Å². The monoisotopic (exact) mass is 292 g/mol. The third kappa shape index (κ3) is 4.69. The Bertz CT molecular complexity index is 467. The molecule has 0 saturated carbocycles. The highest BCUT2D eigenvalue weighted by Gasteiger charge is 2.20. The van der Waals surface area contributed by atoms with Crippen molar-refractivity contribution in [3.8, 4) is 0 Å². The van der Waals surface area contributed by atoms with Crippen LogP contribution in [0, 0.1) is 0 Å². The Morgan fingerprint density at radius 2 is 1.80 bits per heavy atom. The second kappa shape index (κ2) is 7.50. The summed E-state index contributed by atoms with van der Waals surface area (Å²) in [6, 6.07) is 7.60. The van der Waals surface area contributed by atoms with Crippen molar-refractivity contribution < 1.29 is 15.0 Å². The zero-order chi connectivity index (χ0) is 14.4. The Kier molecular flexibility index (Phi) is 5.68. The summed E-state index contributed by atoms with van der Waals surface area (Å²) in [4.78, 5) is 11.7. The second-order valence-corrected chi connectivity index (χ2v) is 6.38. The van der Waals surface area contributed by atoms with E-state index in [1.165, 1.54) is 0 Å². The van der Waals surface area contributed by atoms with Crippen LogP contribution in [0.1, 0.15) is 31.2 Å². The molecule has 1 aromatic rings. The number of aliphatic hydroxyl groups is 1. The van der Waals surface area contributed by atoms with Crippen molar-refractivity contribution in [3.63, 3.8) is 0 Å². The lowest BCUT2D eigenvalue weighted by atomic mass is 10.0. The van der Waals surface area contributed by atoms with Gasteiger partial charge >= 0.3 is 5.97 Å². The molecule has 2 atom stereocenters. The fourth-order valence-corrected chi connectivity index (χ4v) is 3.50. The van der Waals surface area contributed by atoms with E-state index in [1.54, 1.807) is 11.8 Å². The molecule has 2 N–H and O–H groups in total. The van der Waals surface area contributed by atoms with Gasteiger partial charge in [-0.3, -0.25) is 4.79 Å². The maximum absolute atomic E-state index is 10.6. The normalized spacial score (nSPS) is 23.1. The third-order valence-electron chi connectivity index (χ3n) is 3.41. The minimum Gasteiger partial charge on any atom is -0.481 e. The molecule has 108 valence electrons. The van der Waals surface area contributed by atoms with E-state index in [0.29, 0.717) is 0 Å². The van der Waals surface area contributed by atoms with Crippen LogP contribution in [0.4, 0.5) is 0 Å². The summed E-state index contributed by atoms with van der Waals surface area (Å²) in [7, 11) is 0. The average Bonchev–Trinajstić information content (AvgIpc) is 2.40. The topological polar surface area (TPSA) is 57.5 Å². The number of aliphatic hydroxyl groups excluding tert-OH is 1. The fourth-order valence-electron chi connectivity index (χ4n) is 2.31. The summed E-state index contributed by atoms with van der Waals surface area (Å²) in [6.07, 6.45) is 7.84. The van der Waals surface area contributed by atoms with Crippen LogP contribution in [0.2, 0.25) is 0 Å². The fraction of sp³-hybridized carbons (Fsp3) is 0.438. The van der Waals surface area contributed by atoms with Gasteiger partial charge in [-0.15, -0.1) is 11.8 Å². The number of benzene rings is 1. The molecule has 0 fully saturated rings. The molecule has 4 heteroatoms. The van der Waals surface area contributed by atoms with Gasteiger partial charge in [-0.1, -0.05) is 24.3 Å². The van der Waals surface area contributed by atoms with E-state index in [1.807, 2.05) is 24.3 Å². The number of carbonyl (C=O) groups is 1.